The minimum Gasteiger partial charge on any atom is -0.496 e. The molecule has 6 heteroatoms. The second-order valence-corrected chi connectivity index (χ2v) is 4.37. The first-order valence-electron chi connectivity index (χ1n) is 5.50. The molecule has 0 saturated heterocycles. The van der Waals surface area contributed by atoms with Crippen molar-refractivity contribution in [3.8, 4) is 5.75 Å². The number of ether oxygens (including phenoxy) is 2. The quantitative estimate of drug-likeness (QED) is 0.868. The van der Waals surface area contributed by atoms with Gasteiger partial charge in [-0.1, -0.05) is 18.2 Å². The van der Waals surface area contributed by atoms with E-state index >= 15 is 0 Å². The highest BCUT2D eigenvalue weighted by Gasteiger charge is 2.05. The van der Waals surface area contributed by atoms with Gasteiger partial charge in [0, 0.05) is 30.8 Å². The molecule has 0 aliphatic carbocycles. The first-order chi connectivity index (χ1) is 8.83. The van der Waals surface area contributed by atoms with E-state index in [1.807, 2.05) is 24.3 Å². The summed E-state index contributed by atoms with van der Waals surface area (Å²) < 4.78 is 14.4. The Morgan fingerprint density at radius 1 is 1.28 bits per heavy atom. The lowest BCUT2D eigenvalue weighted by molar-refractivity contribution is 0.179. The van der Waals surface area contributed by atoms with Gasteiger partial charge in [0.2, 0.25) is 5.13 Å². The summed E-state index contributed by atoms with van der Waals surface area (Å²) in [7, 11) is 3.30. The van der Waals surface area contributed by atoms with Crippen LogP contribution in [0.3, 0.4) is 0 Å². The van der Waals surface area contributed by atoms with Gasteiger partial charge in [-0.2, -0.15) is 4.37 Å². The van der Waals surface area contributed by atoms with Crippen LogP contribution in [-0.2, 0) is 17.9 Å². The zero-order chi connectivity index (χ0) is 12.8. The molecule has 0 unspecified atom stereocenters. The molecule has 1 N–H and O–H groups in total. The fraction of sp³-hybridized carbons (Fsp3) is 0.333. The SMILES string of the molecule is COCc1nsc(NCc2ccccc2OC)n1. The van der Waals surface area contributed by atoms with Gasteiger partial charge in [0.25, 0.3) is 0 Å². The molecule has 0 aliphatic heterocycles. The Kier molecular flexibility index (Phi) is 4.49. The Hall–Kier alpha value is -1.66. The van der Waals surface area contributed by atoms with Gasteiger partial charge in [0.15, 0.2) is 5.82 Å². The molecule has 1 heterocycles. The number of nitrogens with one attached hydrogen (secondary N) is 1. The van der Waals surface area contributed by atoms with Crippen molar-refractivity contribution in [1.82, 2.24) is 9.36 Å². The van der Waals surface area contributed by atoms with E-state index in [1.165, 1.54) is 11.5 Å². The third-order valence-corrected chi connectivity index (χ3v) is 3.07. The maximum absolute atomic E-state index is 5.28. The zero-order valence-corrected chi connectivity index (χ0v) is 11.2. The topological polar surface area (TPSA) is 56.3 Å². The van der Waals surface area contributed by atoms with E-state index in [0.29, 0.717) is 19.0 Å². The lowest BCUT2D eigenvalue weighted by atomic mass is 10.2. The van der Waals surface area contributed by atoms with Crippen LogP contribution in [0.5, 0.6) is 5.75 Å². The summed E-state index contributed by atoms with van der Waals surface area (Å²) in [4.78, 5) is 4.30. The Morgan fingerprint density at radius 3 is 2.89 bits per heavy atom. The van der Waals surface area contributed by atoms with E-state index < -0.39 is 0 Å². The fourth-order valence-electron chi connectivity index (χ4n) is 1.53. The summed E-state index contributed by atoms with van der Waals surface area (Å²) >= 11 is 1.33. The van der Waals surface area contributed by atoms with Gasteiger partial charge in [-0.3, -0.25) is 0 Å². The summed E-state index contributed by atoms with van der Waals surface area (Å²) in [5, 5.41) is 4.01. The molecule has 0 saturated carbocycles. The molecular formula is C12H15N3O2S. The second kappa shape index (κ2) is 6.32. The average Bonchev–Trinajstić information content (AvgIpc) is 2.85. The van der Waals surface area contributed by atoms with E-state index in [0.717, 1.165) is 16.4 Å². The largest absolute Gasteiger partial charge is 0.496 e. The zero-order valence-electron chi connectivity index (χ0n) is 10.3. The molecule has 0 aliphatic rings. The Bertz CT molecular complexity index is 502. The molecule has 2 aromatic rings. The minimum absolute atomic E-state index is 0.437. The number of anilines is 1. The Labute approximate surface area is 110 Å². The molecular weight excluding hydrogens is 250 g/mol. The van der Waals surface area contributed by atoms with Crippen LogP contribution in [0.4, 0.5) is 5.13 Å². The monoisotopic (exact) mass is 265 g/mol. The molecule has 5 nitrogen and oxygen atoms in total. The number of hydrogen-bond acceptors (Lipinski definition) is 6. The number of nitrogens with zero attached hydrogens (tertiary/aromatic N) is 2. The fourth-order valence-corrected chi connectivity index (χ4v) is 2.10. The van der Waals surface area contributed by atoms with Crippen molar-refractivity contribution in [3.05, 3.63) is 35.7 Å². The first-order valence-corrected chi connectivity index (χ1v) is 6.28. The summed E-state index contributed by atoms with van der Waals surface area (Å²) in [6, 6.07) is 7.89. The summed E-state index contributed by atoms with van der Waals surface area (Å²) in [6.07, 6.45) is 0. The molecule has 0 spiro atoms. The molecule has 1 aromatic heterocycles. The number of benzene rings is 1. The van der Waals surface area contributed by atoms with Gasteiger partial charge in [-0.15, -0.1) is 0 Å². The maximum Gasteiger partial charge on any atom is 0.202 e. The van der Waals surface area contributed by atoms with Gasteiger partial charge in [-0.05, 0) is 6.07 Å². The summed E-state index contributed by atoms with van der Waals surface area (Å²) in [5.74, 6) is 1.57. The number of aromatic nitrogens is 2. The van der Waals surface area contributed by atoms with Crippen LogP contribution in [-0.4, -0.2) is 23.6 Å². The minimum atomic E-state index is 0.437. The van der Waals surface area contributed by atoms with Crippen molar-refractivity contribution in [1.29, 1.82) is 0 Å². The third kappa shape index (κ3) is 3.18. The van der Waals surface area contributed by atoms with Crippen LogP contribution in [0.15, 0.2) is 24.3 Å². The Balaban J connectivity index is 1.97. The van der Waals surface area contributed by atoms with Gasteiger partial charge in [-0.25, -0.2) is 4.98 Å². The standard InChI is InChI=1S/C12H15N3O2S/c1-16-8-11-14-12(18-15-11)13-7-9-5-3-4-6-10(9)17-2/h3-6H,7-8H2,1-2H3,(H,13,14,15). The van der Waals surface area contributed by atoms with Crippen molar-refractivity contribution in [2.75, 3.05) is 19.5 Å². The van der Waals surface area contributed by atoms with Crippen LogP contribution < -0.4 is 10.1 Å². The Morgan fingerprint density at radius 2 is 2.11 bits per heavy atom. The van der Waals surface area contributed by atoms with E-state index in [-0.39, 0.29) is 0 Å². The lowest BCUT2D eigenvalue weighted by Crippen LogP contribution is -2.01. The average molecular weight is 265 g/mol. The van der Waals surface area contributed by atoms with Gasteiger partial charge >= 0.3 is 0 Å². The number of methoxy groups -OCH3 is 2. The molecule has 18 heavy (non-hydrogen) atoms. The summed E-state index contributed by atoms with van der Waals surface area (Å²) in [5.41, 5.74) is 1.09. The van der Waals surface area contributed by atoms with Crippen molar-refractivity contribution < 1.29 is 9.47 Å². The lowest BCUT2D eigenvalue weighted by Gasteiger charge is -2.07. The number of rotatable bonds is 6. The first kappa shape index (κ1) is 12.8. The van der Waals surface area contributed by atoms with Crippen molar-refractivity contribution in [2.45, 2.75) is 13.2 Å². The molecule has 2 rings (SSSR count). The molecule has 0 radical (unpaired) electrons. The highest BCUT2D eigenvalue weighted by Crippen LogP contribution is 2.19. The van der Waals surface area contributed by atoms with Crippen LogP contribution in [0.1, 0.15) is 11.4 Å². The molecule has 1 aromatic carbocycles. The highest BCUT2D eigenvalue weighted by molar-refractivity contribution is 7.09. The molecule has 0 bridgehead atoms. The molecule has 96 valence electrons. The summed E-state index contributed by atoms with van der Waals surface area (Å²) in [6.45, 7) is 1.10. The smallest absolute Gasteiger partial charge is 0.202 e. The van der Waals surface area contributed by atoms with Crippen LogP contribution in [0, 0.1) is 0 Å². The van der Waals surface area contributed by atoms with Crippen LogP contribution >= 0.6 is 11.5 Å². The second-order valence-electron chi connectivity index (χ2n) is 3.61. The van der Waals surface area contributed by atoms with Gasteiger partial charge in [0.1, 0.15) is 12.4 Å². The molecule has 0 fully saturated rings. The number of para-hydroxylation sites is 1. The third-order valence-electron chi connectivity index (χ3n) is 2.36. The van der Waals surface area contributed by atoms with Gasteiger partial charge < -0.3 is 14.8 Å². The molecule has 0 amide bonds. The maximum atomic E-state index is 5.28. The van der Waals surface area contributed by atoms with Crippen molar-refractivity contribution in [3.63, 3.8) is 0 Å². The predicted molar refractivity (Wildman–Crippen MR) is 70.9 cm³/mol. The van der Waals surface area contributed by atoms with E-state index in [9.17, 15) is 0 Å². The van der Waals surface area contributed by atoms with E-state index in [4.69, 9.17) is 9.47 Å². The van der Waals surface area contributed by atoms with Crippen molar-refractivity contribution >= 4 is 16.7 Å². The van der Waals surface area contributed by atoms with E-state index in [1.54, 1.807) is 14.2 Å². The highest BCUT2D eigenvalue weighted by atomic mass is 32.1. The van der Waals surface area contributed by atoms with Crippen molar-refractivity contribution in [2.24, 2.45) is 0 Å². The van der Waals surface area contributed by atoms with Crippen LogP contribution in [0.2, 0.25) is 0 Å². The van der Waals surface area contributed by atoms with Crippen LogP contribution in [0.25, 0.3) is 0 Å². The normalized spacial score (nSPS) is 10.3. The van der Waals surface area contributed by atoms with E-state index in [2.05, 4.69) is 14.7 Å². The van der Waals surface area contributed by atoms with Gasteiger partial charge in [0.05, 0.1) is 7.11 Å². The number of hydrogen-bond donors (Lipinski definition) is 1. The predicted octanol–water partition coefficient (Wildman–Crippen LogP) is 2.31. The molecule has 0 atom stereocenters.